The number of unbranched alkanes of at least 4 members (excludes halogenated alkanes) is 1. The van der Waals surface area contributed by atoms with Crippen molar-refractivity contribution in [3.8, 4) is 5.75 Å². The lowest BCUT2D eigenvalue weighted by molar-refractivity contribution is -0.137. The van der Waals surface area contributed by atoms with Crippen molar-refractivity contribution in [3.63, 3.8) is 0 Å². The zero-order valence-electron chi connectivity index (χ0n) is 19.9. The van der Waals surface area contributed by atoms with Gasteiger partial charge in [-0.3, -0.25) is 4.68 Å². The first-order chi connectivity index (χ1) is 17.4. The third-order valence-corrected chi connectivity index (χ3v) is 5.59. The van der Waals surface area contributed by atoms with Crippen LogP contribution >= 0.6 is 0 Å². The summed E-state index contributed by atoms with van der Waals surface area (Å²) in [5.74, 6) is 1.08. The van der Waals surface area contributed by atoms with E-state index in [0.29, 0.717) is 17.1 Å². The number of halogens is 3. The first-order valence-corrected chi connectivity index (χ1v) is 11.8. The molecule has 2 heterocycles. The molecule has 0 atom stereocenters. The molecule has 0 aliphatic heterocycles. The van der Waals surface area contributed by atoms with Crippen LogP contribution in [0.25, 0.3) is 12.2 Å². The molecule has 0 aliphatic rings. The fraction of sp³-hybridized carbons (Fsp3) is 0.296. The van der Waals surface area contributed by atoms with E-state index in [-0.39, 0.29) is 6.61 Å². The minimum atomic E-state index is -4.35. The maximum Gasteiger partial charge on any atom is 0.416 e. The molecule has 0 saturated heterocycles. The highest BCUT2D eigenvalue weighted by atomic mass is 19.4. The molecule has 4 aromatic rings. The summed E-state index contributed by atoms with van der Waals surface area (Å²) in [7, 11) is 0. The molecule has 0 N–H and O–H groups in total. The summed E-state index contributed by atoms with van der Waals surface area (Å²) in [6, 6.07) is 12.9. The van der Waals surface area contributed by atoms with Crippen LogP contribution in [0.3, 0.4) is 0 Å². The second-order valence-corrected chi connectivity index (χ2v) is 8.35. The average molecular weight is 497 g/mol. The molecule has 2 aromatic carbocycles. The quantitative estimate of drug-likeness (QED) is 0.218. The lowest BCUT2D eigenvalue weighted by atomic mass is 10.1. The molecule has 4 rings (SSSR count). The van der Waals surface area contributed by atoms with Crippen LogP contribution in [-0.2, 0) is 32.2 Å². The van der Waals surface area contributed by atoms with Crippen molar-refractivity contribution in [3.05, 3.63) is 95.0 Å². The van der Waals surface area contributed by atoms with Crippen LogP contribution in [0, 0.1) is 0 Å². The van der Waals surface area contributed by atoms with Gasteiger partial charge in [0.05, 0.1) is 11.3 Å². The summed E-state index contributed by atoms with van der Waals surface area (Å²) in [5.41, 5.74) is 2.81. The molecular weight excluding hydrogens is 469 g/mol. The normalized spacial score (nSPS) is 11.9. The molecule has 0 bridgehead atoms. The van der Waals surface area contributed by atoms with E-state index in [9.17, 15) is 13.2 Å². The molecule has 0 amide bonds. The van der Waals surface area contributed by atoms with E-state index in [1.54, 1.807) is 12.2 Å². The Morgan fingerprint density at radius 1 is 0.972 bits per heavy atom. The Balaban J connectivity index is 1.19. The van der Waals surface area contributed by atoms with Crippen LogP contribution in [0.2, 0.25) is 0 Å². The van der Waals surface area contributed by atoms with Gasteiger partial charge in [-0.25, -0.2) is 4.98 Å². The number of hydrogen-bond donors (Lipinski definition) is 0. The third kappa shape index (κ3) is 7.31. The van der Waals surface area contributed by atoms with Crippen LogP contribution < -0.4 is 4.74 Å². The van der Waals surface area contributed by atoms with Gasteiger partial charge < -0.3 is 9.15 Å². The zero-order valence-corrected chi connectivity index (χ0v) is 19.9. The Morgan fingerprint density at radius 2 is 1.75 bits per heavy atom. The van der Waals surface area contributed by atoms with Gasteiger partial charge >= 0.3 is 6.18 Å². The summed E-state index contributed by atoms with van der Waals surface area (Å²) < 4.78 is 51.1. The highest BCUT2D eigenvalue weighted by Crippen LogP contribution is 2.29. The number of hydrogen-bond acceptors (Lipinski definition) is 5. The number of alkyl halides is 3. The van der Waals surface area contributed by atoms with E-state index in [0.717, 1.165) is 55.8 Å². The smallest absolute Gasteiger partial charge is 0.416 e. The standard InChI is InChI=1S/C27H27F3N4O2/c1-2-23-17-34(33-32-23)16-4-3-5-20-8-13-25(14-9-20)35-18-24-19-36-26(31-24)15-10-21-6-11-22(12-7-21)27(28,29)30/h6-15,17,19H,2-5,16,18H2,1H3/b15-10+. The number of ether oxygens (including phenoxy) is 1. The van der Waals surface area contributed by atoms with Gasteiger partial charge in [-0.05, 0) is 67.2 Å². The summed E-state index contributed by atoms with van der Waals surface area (Å²) in [5, 5.41) is 8.23. The number of benzene rings is 2. The van der Waals surface area contributed by atoms with Crippen molar-refractivity contribution in [2.24, 2.45) is 0 Å². The van der Waals surface area contributed by atoms with Crippen molar-refractivity contribution < 1.29 is 22.3 Å². The van der Waals surface area contributed by atoms with Crippen molar-refractivity contribution in [1.29, 1.82) is 0 Å². The fourth-order valence-electron chi connectivity index (χ4n) is 3.54. The number of aryl methyl sites for hydroxylation is 3. The summed E-state index contributed by atoms with van der Waals surface area (Å²) in [6.45, 7) is 3.18. The van der Waals surface area contributed by atoms with E-state index in [1.165, 1.54) is 24.0 Å². The molecule has 0 saturated carbocycles. The van der Waals surface area contributed by atoms with Gasteiger partial charge in [0.1, 0.15) is 24.3 Å². The second kappa shape index (κ2) is 11.7. The van der Waals surface area contributed by atoms with E-state index in [2.05, 4.69) is 34.4 Å². The highest BCUT2D eigenvalue weighted by molar-refractivity contribution is 5.66. The number of aromatic nitrogens is 4. The van der Waals surface area contributed by atoms with Crippen LogP contribution in [0.1, 0.15) is 53.7 Å². The van der Waals surface area contributed by atoms with Crippen molar-refractivity contribution >= 4 is 12.2 Å². The Hall–Kier alpha value is -3.88. The van der Waals surface area contributed by atoms with Gasteiger partial charge in [-0.15, -0.1) is 5.10 Å². The predicted molar refractivity (Wildman–Crippen MR) is 130 cm³/mol. The first-order valence-electron chi connectivity index (χ1n) is 11.8. The van der Waals surface area contributed by atoms with Crippen LogP contribution in [0.4, 0.5) is 13.2 Å². The molecule has 0 aliphatic carbocycles. The Labute approximate surface area is 207 Å². The zero-order chi connectivity index (χ0) is 25.4. The third-order valence-electron chi connectivity index (χ3n) is 5.59. The largest absolute Gasteiger partial charge is 0.487 e. The average Bonchev–Trinajstić information content (AvgIpc) is 3.54. The van der Waals surface area contributed by atoms with E-state index >= 15 is 0 Å². The van der Waals surface area contributed by atoms with E-state index < -0.39 is 11.7 Å². The van der Waals surface area contributed by atoms with Gasteiger partial charge in [0.2, 0.25) is 5.89 Å². The van der Waals surface area contributed by atoms with Crippen molar-refractivity contribution in [1.82, 2.24) is 20.0 Å². The number of oxazole rings is 1. The monoisotopic (exact) mass is 496 g/mol. The number of nitrogens with zero attached hydrogens (tertiary/aromatic N) is 4. The molecule has 36 heavy (non-hydrogen) atoms. The molecule has 2 aromatic heterocycles. The highest BCUT2D eigenvalue weighted by Gasteiger charge is 2.29. The summed E-state index contributed by atoms with van der Waals surface area (Å²) >= 11 is 0. The lowest BCUT2D eigenvalue weighted by Crippen LogP contribution is -2.03. The van der Waals surface area contributed by atoms with E-state index in [1.807, 2.05) is 23.0 Å². The van der Waals surface area contributed by atoms with Gasteiger partial charge in [-0.1, -0.05) is 36.4 Å². The molecule has 0 fully saturated rings. The molecule has 0 radical (unpaired) electrons. The second-order valence-electron chi connectivity index (χ2n) is 8.35. The first kappa shape index (κ1) is 25.2. The Bertz CT molecular complexity index is 1260. The van der Waals surface area contributed by atoms with Gasteiger partial charge in [0.15, 0.2) is 0 Å². The predicted octanol–water partition coefficient (Wildman–Crippen LogP) is 6.62. The Morgan fingerprint density at radius 3 is 2.44 bits per heavy atom. The molecule has 0 spiro atoms. The molecule has 6 nitrogen and oxygen atoms in total. The van der Waals surface area contributed by atoms with Crippen molar-refractivity contribution in [2.45, 2.75) is 51.9 Å². The molecular formula is C27H27F3N4O2. The number of rotatable bonds is 11. The SMILES string of the molecule is CCc1cn(CCCCc2ccc(OCc3coc(/C=C/c4ccc(C(F)(F)F)cc4)n3)cc2)nn1. The molecule has 188 valence electrons. The van der Waals surface area contributed by atoms with Gasteiger partial charge in [0.25, 0.3) is 0 Å². The molecule has 9 heteroatoms. The van der Waals surface area contributed by atoms with Crippen LogP contribution in [-0.4, -0.2) is 20.0 Å². The van der Waals surface area contributed by atoms with Gasteiger partial charge in [0, 0.05) is 18.8 Å². The lowest BCUT2D eigenvalue weighted by Gasteiger charge is -2.06. The topological polar surface area (TPSA) is 66.0 Å². The molecule has 0 unspecified atom stereocenters. The summed E-state index contributed by atoms with van der Waals surface area (Å²) in [6.07, 6.45) is 6.37. The van der Waals surface area contributed by atoms with Crippen LogP contribution in [0.5, 0.6) is 5.75 Å². The Kier molecular flexibility index (Phi) is 8.20. The van der Waals surface area contributed by atoms with Crippen molar-refractivity contribution in [2.75, 3.05) is 0 Å². The van der Waals surface area contributed by atoms with Crippen LogP contribution in [0.15, 0.2) is 65.4 Å². The maximum atomic E-state index is 12.7. The van der Waals surface area contributed by atoms with Gasteiger partial charge in [-0.2, -0.15) is 13.2 Å². The van der Waals surface area contributed by atoms with E-state index in [4.69, 9.17) is 9.15 Å². The maximum absolute atomic E-state index is 12.7. The minimum absolute atomic E-state index is 0.245. The minimum Gasteiger partial charge on any atom is -0.487 e. The summed E-state index contributed by atoms with van der Waals surface area (Å²) in [4.78, 5) is 4.33. The fourth-order valence-corrected chi connectivity index (χ4v) is 3.54.